The minimum atomic E-state index is -3.98. The molecule has 2 rings (SSSR count). The van der Waals surface area contributed by atoms with Crippen LogP contribution >= 0.6 is 11.6 Å². The van der Waals surface area contributed by atoms with Gasteiger partial charge in [0.1, 0.15) is 5.75 Å². The van der Waals surface area contributed by atoms with Crippen molar-refractivity contribution in [2.45, 2.75) is 24.8 Å². The summed E-state index contributed by atoms with van der Waals surface area (Å²) in [6.45, 7) is 3.58. The van der Waals surface area contributed by atoms with Crippen LogP contribution < -0.4 is 14.8 Å². The first-order chi connectivity index (χ1) is 13.7. The van der Waals surface area contributed by atoms with Gasteiger partial charge in [-0.1, -0.05) is 11.6 Å². The predicted octanol–water partition coefficient (Wildman–Crippen LogP) is 2.83. The maximum Gasteiger partial charge on any atom is 0.337 e. The quantitative estimate of drug-likeness (QED) is 0.610. The highest BCUT2D eigenvalue weighted by molar-refractivity contribution is 7.89. The number of carbonyl (C=O) groups excluding carboxylic acids is 2. The van der Waals surface area contributed by atoms with Crippen molar-refractivity contribution < 1.29 is 27.5 Å². The zero-order valence-electron chi connectivity index (χ0n) is 16.1. The Morgan fingerprint density at radius 2 is 1.79 bits per heavy atom. The van der Waals surface area contributed by atoms with E-state index in [1.807, 2.05) is 0 Å². The van der Waals surface area contributed by atoms with Crippen molar-refractivity contribution in [3.63, 3.8) is 0 Å². The summed E-state index contributed by atoms with van der Waals surface area (Å²) in [5, 5.41) is 2.72. The molecule has 156 valence electrons. The number of hydrogen-bond donors (Lipinski definition) is 2. The molecule has 0 fully saturated rings. The van der Waals surface area contributed by atoms with Crippen molar-refractivity contribution in [2.75, 3.05) is 19.0 Å². The molecule has 2 aromatic rings. The first-order valence-electron chi connectivity index (χ1n) is 8.62. The number of hydrogen-bond acceptors (Lipinski definition) is 6. The number of halogens is 1. The Kier molecular flexibility index (Phi) is 7.60. The van der Waals surface area contributed by atoms with Crippen LogP contribution in [-0.4, -0.2) is 40.1 Å². The van der Waals surface area contributed by atoms with Crippen LogP contribution in [0.3, 0.4) is 0 Å². The van der Waals surface area contributed by atoms with Crippen molar-refractivity contribution in [3.05, 3.63) is 53.1 Å². The number of ether oxygens (including phenoxy) is 2. The number of amides is 1. The Morgan fingerprint density at radius 1 is 1.14 bits per heavy atom. The lowest BCUT2D eigenvalue weighted by Gasteiger charge is -2.15. The van der Waals surface area contributed by atoms with Gasteiger partial charge in [-0.25, -0.2) is 13.2 Å². The van der Waals surface area contributed by atoms with Crippen LogP contribution in [0.25, 0.3) is 0 Å². The van der Waals surface area contributed by atoms with Gasteiger partial charge in [0.25, 0.3) is 0 Å². The summed E-state index contributed by atoms with van der Waals surface area (Å²) >= 11 is 6.04. The molecule has 10 heteroatoms. The Labute approximate surface area is 174 Å². The van der Waals surface area contributed by atoms with Crippen LogP contribution in [0.5, 0.6) is 5.75 Å². The fourth-order valence-electron chi connectivity index (χ4n) is 2.33. The smallest absolute Gasteiger partial charge is 0.337 e. The Morgan fingerprint density at radius 3 is 2.34 bits per heavy atom. The number of rotatable bonds is 8. The third-order valence-corrected chi connectivity index (χ3v) is 5.65. The van der Waals surface area contributed by atoms with E-state index in [0.717, 1.165) is 0 Å². The zero-order valence-corrected chi connectivity index (χ0v) is 17.6. The van der Waals surface area contributed by atoms with E-state index in [0.29, 0.717) is 23.6 Å². The molecular formula is C19H21ClN2O6S. The molecule has 0 radical (unpaired) electrons. The number of methoxy groups -OCH3 is 1. The molecule has 0 bridgehead atoms. The van der Waals surface area contributed by atoms with Gasteiger partial charge < -0.3 is 14.8 Å². The average molecular weight is 441 g/mol. The number of anilines is 1. The highest BCUT2D eigenvalue weighted by Crippen LogP contribution is 2.27. The second-order valence-electron chi connectivity index (χ2n) is 5.93. The van der Waals surface area contributed by atoms with E-state index in [2.05, 4.69) is 14.8 Å². The molecular weight excluding hydrogens is 420 g/mol. The number of esters is 1. The van der Waals surface area contributed by atoms with Crippen LogP contribution in [0.2, 0.25) is 5.02 Å². The molecule has 0 unspecified atom stereocenters. The van der Waals surface area contributed by atoms with Gasteiger partial charge in [0.05, 0.1) is 35.2 Å². The van der Waals surface area contributed by atoms with Gasteiger partial charge in [0, 0.05) is 5.69 Å². The summed E-state index contributed by atoms with van der Waals surface area (Å²) in [7, 11) is -2.72. The maximum absolute atomic E-state index is 12.5. The standard InChI is InChI=1S/C19H21ClN2O6S/c1-4-28-17-10-9-15(11-16(17)20)29(25,26)22-12(2)18(23)21-14-7-5-13(6-8-14)19(24)27-3/h5-12,22H,4H2,1-3H3,(H,21,23)/t12-/m0/s1. The largest absolute Gasteiger partial charge is 0.492 e. The predicted molar refractivity (Wildman–Crippen MR) is 109 cm³/mol. The second kappa shape index (κ2) is 9.73. The summed E-state index contributed by atoms with van der Waals surface area (Å²) < 4.78 is 37.2. The van der Waals surface area contributed by atoms with Crippen LogP contribution in [-0.2, 0) is 19.6 Å². The minimum absolute atomic E-state index is 0.0898. The third-order valence-electron chi connectivity index (χ3n) is 3.81. The Bertz CT molecular complexity index is 992. The van der Waals surface area contributed by atoms with E-state index in [1.54, 1.807) is 6.92 Å². The van der Waals surface area contributed by atoms with Crippen LogP contribution in [0.4, 0.5) is 5.69 Å². The van der Waals surface area contributed by atoms with E-state index in [9.17, 15) is 18.0 Å². The lowest BCUT2D eigenvalue weighted by atomic mass is 10.2. The topological polar surface area (TPSA) is 111 Å². The molecule has 0 aliphatic rings. The molecule has 0 spiro atoms. The first-order valence-corrected chi connectivity index (χ1v) is 10.5. The fraction of sp³-hybridized carbons (Fsp3) is 0.263. The summed E-state index contributed by atoms with van der Waals surface area (Å²) in [6, 6.07) is 8.98. The highest BCUT2D eigenvalue weighted by Gasteiger charge is 2.23. The van der Waals surface area contributed by atoms with E-state index >= 15 is 0 Å². The SMILES string of the molecule is CCOc1ccc(S(=O)(=O)N[C@@H](C)C(=O)Nc2ccc(C(=O)OC)cc2)cc1Cl. The Hall–Kier alpha value is -2.62. The monoisotopic (exact) mass is 440 g/mol. The van der Waals surface area contributed by atoms with Crippen LogP contribution in [0, 0.1) is 0 Å². The number of sulfonamides is 1. The lowest BCUT2D eigenvalue weighted by Crippen LogP contribution is -2.41. The summed E-state index contributed by atoms with van der Waals surface area (Å²) in [5.74, 6) is -0.705. The average Bonchev–Trinajstić information content (AvgIpc) is 2.69. The van der Waals surface area contributed by atoms with Crippen molar-refractivity contribution in [1.82, 2.24) is 4.72 Å². The van der Waals surface area contributed by atoms with Crippen LogP contribution in [0.1, 0.15) is 24.2 Å². The van der Waals surface area contributed by atoms with Crippen molar-refractivity contribution >= 4 is 39.2 Å². The van der Waals surface area contributed by atoms with E-state index in [1.165, 1.54) is 56.5 Å². The number of nitrogens with one attached hydrogen (secondary N) is 2. The lowest BCUT2D eigenvalue weighted by molar-refractivity contribution is -0.117. The normalized spacial score (nSPS) is 12.1. The minimum Gasteiger partial charge on any atom is -0.492 e. The van der Waals surface area contributed by atoms with E-state index in [-0.39, 0.29) is 9.92 Å². The van der Waals surface area contributed by atoms with Crippen molar-refractivity contribution in [1.29, 1.82) is 0 Å². The summed E-state index contributed by atoms with van der Waals surface area (Å²) in [4.78, 5) is 23.7. The molecule has 2 N–H and O–H groups in total. The maximum atomic E-state index is 12.5. The zero-order chi connectivity index (χ0) is 21.6. The van der Waals surface area contributed by atoms with E-state index < -0.39 is 27.9 Å². The molecule has 0 saturated heterocycles. The molecule has 29 heavy (non-hydrogen) atoms. The molecule has 0 heterocycles. The molecule has 1 atom stereocenters. The molecule has 1 amide bonds. The molecule has 2 aromatic carbocycles. The molecule has 0 aromatic heterocycles. The molecule has 0 aliphatic carbocycles. The molecule has 0 aliphatic heterocycles. The molecule has 8 nitrogen and oxygen atoms in total. The number of carbonyl (C=O) groups is 2. The van der Waals surface area contributed by atoms with E-state index in [4.69, 9.17) is 16.3 Å². The van der Waals surface area contributed by atoms with Gasteiger partial charge in [-0.15, -0.1) is 0 Å². The number of benzene rings is 2. The van der Waals surface area contributed by atoms with Gasteiger partial charge >= 0.3 is 5.97 Å². The Balaban J connectivity index is 2.06. The second-order valence-corrected chi connectivity index (χ2v) is 8.05. The summed E-state index contributed by atoms with van der Waals surface area (Å²) in [6.07, 6.45) is 0. The van der Waals surface area contributed by atoms with Gasteiger partial charge in [-0.2, -0.15) is 4.72 Å². The third kappa shape index (κ3) is 5.93. The van der Waals surface area contributed by atoms with Crippen LogP contribution in [0.15, 0.2) is 47.4 Å². The van der Waals surface area contributed by atoms with Crippen molar-refractivity contribution in [3.8, 4) is 5.75 Å². The van der Waals surface area contributed by atoms with Gasteiger partial charge in [0.2, 0.25) is 15.9 Å². The van der Waals surface area contributed by atoms with Gasteiger partial charge in [-0.05, 0) is 56.3 Å². The highest BCUT2D eigenvalue weighted by atomic mass is 35.5. The molecule has 0 saturated carbocycles. The van der Waals surface area contributed by atoms with Gasteiger partial charge in [0.15, 0.2) is 0 Å². The van der Waals surface area contributed by atoms with Gasteiger partial charge in [-0.3, -0.25) is 4.79 Å². The fourth-order valence-corrected chi connectivity index (χ4v) is 3.86. The first kappa shape index (κ1) is 22.7. The van der Waals surface area contributed by atoms with Crippen molar-refractivity contribution in [2.24, 2.45) is 0 Å². The summed E-state index contributed by atoms with van der Waals surface area (Å²) in [5.41, 5.74) is 0.726.